The standard InChI is InChI=1S/C19H37N2O/c1-4-6-7-8-9-10-11-12-13-14-15-19-20-16-17-21(19,5-2)18(3)22/h11-12,16-20,22H,4-10,13-15H2,1-3H3/q+1/b12-11+. The van der Waals surface area contributed by atoms with Gasteiger partial charge in [0.25, 0.3) is 0 Å². The van der Waals surface area contributed by atoms with Crippen LogP contribution in [0.25, 0.3) is 0 Å². The first kappa shape index (κ1) is 19.2. The second-order valence-electron chi connectivity index (χ2n) is 6.55. The van der Waals surface area contributed by atoms with E-state index in [2.05, 4.69) is 37.5 Å². The molecule has 1 aliphatic rings. The van der Waals surface area contributed by atoms with Gasteiger partial charge in [-0.2, -0.15) is 0 Å². The normalized spacial score (nSPS) is 25.7. The number of aliphatic hydroxyl groups excluding tert-OH is 1. The van der Waals surface area contributed by atoms with Gasteiger partial charge in [-0.15, -0.1) is 0 Å². The molecule has 0 aromatic carbocycles. The molecule has 0 aromatic heterocycles. The van der Waals surface area contributed by atoms with Crippen molar-refractivity contribution in [2.75, 3.05) is 6.54 Å². The molecule has 0 aromatic rings. The van der Waals surface area contributed by atoms with Gasteiger partial charge in [0.15, 0.2) is 12.4 Å². The van der Waals surface area contributed by atoms with E-state index >= 15 is 0 Å². The van der Waals surface area contributed by atoms with E-state index in [0.29, 0.717) is 10.6 Å². The van der Waals surface area contributed by atoms with Crippen molar-refractivity contribution in [3.05, 3.63) is 24.6 Å². The summed E-state index contributed by atoms with van der Waals surface area (Å²) in [4.78, 5) is 0. The zero-order valence-electron chi connectivity index (χ0n) is 14.9. The number of unbranched alkanes of at least 4 members (excludes halogenated alkanes) is 6. The molecule has 3 heteroatoms. The van der Waals surface area contributed by atoms with Gasteiger partial charge in [-0.1, -0.05) is 44.8 Å². The first-order chi connectivity index (χ1) is 10.7. The Morgan fingerprint density at radius 3 is 2.41 bits per heavy atom. The van der Waals surface area contributed by atoms with Crippen LogP contribution in [0.15, 0.2) is 24.6 Å². The molecule has 0 saturated heterocycles. The van der Waals surface area contributed by atoms with Crippen LogP contribution in [0, 0.1) is 0 Å². The minimum absolute atomic E-state index is 0.326. The Morgan fingerprint density at radius 1 is 1.09 bits per heavy atom. The fraction of sp³-hybridized carbons (Fsp3) is 0.789. The molecular weight excluding hydrogens is 272 g/mol. The zero-order chi connectivity index (χ0) is 16.3. The zero-order valence-corrected chi connectivity index (χ0v) is 14.9. The van der Waals surface area contributed by atoms with E-state index in [0.717, 1.165) is 19.4 Å². The molecule has 0 saturated carbocycles. The summed E-state index contributed by atoms with van der Waals surface area (Å²) in [5.74, 6) is 0. The molecule has 3 nitrogen and oxygen atoms in total. The molecule has 22 heavy (non-hydrogen) atoms. The third kappa shape index (κ3) is 5.77. The first-order valence-corrected chi connectivity index (χ1v) is 9.31. The van der Waals surface area contributed by atoms with E-state index in [4.69, 9.17) is 0 Å². The Hall–Kier alpha value is -0.800. The molecule has 3 atom stereocenters. The molecule has 0 spiro atoms. The number of nitrogens with zero attached hydrogens (tertiary/aromatic N) is 1. The van der Waals surface area contributed by atoms with Gasteiger partial charge in [-0.3, -0.25) is 4.48 Å². The SMILES string of the molecule is CCCCCCC/C=C/CCCC1NC=C[N+]1(CC)C(C)O. The highest BCUT2D eigenvalue weighted by atomic mass is 16.3. The van der Waals surface area contributed by atoms with Gasteiger partial charge in [0.05, 0.1) is 12.7 Å². The van der Waals surface area contributed by atoms with Crippen LogP contribution in [-0.2, 0) is 0 Å². The molecule has 0 bridgehead atoms. The van der Waals surface area contributed by atoms with Crippen molar-refractivity contribution in [2.24, 2.45) is 0 Å². The Labute approximate surface area is 137 Å². The molecule has 0 aliphatic carbocycles. The van der Waals surface area contributed by atoms with Crippen LogP contribution in [-0.4, -0.2) is 28.5 Å². The summed E-state index contributed by atoms with van der Waals surface area (Å²) in [5.41, 5.74) is 0. The molecule has 1 heterocycles. The second-order valence-corrected chi connectivity index (χ2v) is 6.55. The lowest BCUT2D eigenvalue weighted by atomic mass is 10.1. The van der Waals surface area contributed by atoms with Gasteiger partial charge in [0.2, 0.25) is 0 Å². The van der Waals surface area contributed by atoms with Crippen LogP contribution in [0.3, 0.4) is 0 Å². The van der Waals surface area contributed by atoms with E-state index in [1.165, 1.54) is 44.9 Å². The third-order valence-corrected chi connectivity index (χ3v) is 4.95. The summed E-state index contributed by atoms with van der Waals surface area (Å²) < 4.78 is 0.654. The molecule has 0 radical (unpaired) electrons. The van der Waals surface area contributed by atoms with Crippen LogP contribution in [0.1, 0.15) is 78.6 Å². The third-order valence-electron chi connectivity index (χ3n) is 4.95. The second kappa shape index (κ2) is 10.8. The molecule has 2 N–H and O–H groups in total. The van der Waals surface area contributed by atoms with Crippen LogP contribution in [0.5, 0.6) is 0 Å². The van der Waals surface area contributed by atoms with E-state index in [9.17, 15) is 5.11 Å². The summed E-state index contributed by atoms with van der Waals surface area (Å²) >= 11 is 0. The number of nitrogens with one attached hydrogen (secondary N) is 1. The number of allylic oxidation sites excluding steroid dienone is 2. The highest BCUT2D eigenvalue weighted by Crippen LogP contribution is 2.25. The summed E-state index contributed by atoms with van der Waals surface area (Å²) in [7, 11) is 0. The van der Waals surface area contributed by atoms with Gasteiger partial charge < -0.3 is 10.4 Å². The molecule has 1 aliphatic heterocycles. The van der Waals surface area contributed by atoms with Crippen molar-refractivity contribution in [1.29, 1.82) is 0 Å². The van der Waals surface area contributed by atoms with E-state index in [1.54, 1.807) is 0 Å². The van der Waals surface area contributed by atoms with Crippen molar-refractivity contribution in [3.63, 3.8) is 0 Å². The van der Waals surface area contributed by atoms with Crippen LogP contribution in [0.4, 0.5) is 0 Å². The summed E-state index contributed by atoms with van der Waals surface area (Å²) in [6.45, 7) is 7.24. The van der Waals surface area contributed by atoms with Crippen molar-refractivity contribution in [1.82, 2.24) is 5.32 Å². The lowest BCUT2D eigenvalue weighted by Gasteiger charge is -2.39. The lowest BCUT2D eigenvalue weighted by molar-refractivity contribution is -0.942. The minimum atomic E-state index is -0.347. The monoisotopic (exact) mass is 309 g/mol. The van der Waals surface area contributed by atoms with Gasteiger partial charge >= 0.3 is 0 Å². The lowest BCUT2D eigenvalue weighted by Crippen LogP contribution is -2.57. The van der Waals surface area contributed by atoms with Crippen molar-refractivity contribution >= 4 is 0 Å². The van der Waals surface area contributed by atoms with Gasteiger partial charge in [0, 0.05) is 13.3 Å². The van der Waals surface area contributed by atoms with Gasteiger partial charge in [0.1, 0.15) is 6.20 Å². The number of aliphatic hydroxyl groups is 1. The van der Waals surface area contributed by atoms with E-state index in [-0.39, 0.29) is 6.23 Å². The Morgan fingerprint density at radius 2 is 1.77 bits per heavy atom. The number of hydrogen-bond acceptors (Lipinski definition) is 2. The maximum absolute atomic E-state index is 10.1. The van der Waals surface area contributed by atoms with Crippen molar-refractivity contribution < 1.29 is 9.59 Å². The number of rotatable bonds is 12. The fourth-order valence-electron chi connectivity index (χ4n) is 3.36. The average molecular weight is 310 g/mol. The summed E-state index contributed by atoms with van der Waals surface area (Å²) in [6, 6.07) is 0. The summed E-state index contributed by atoms with van der Waals surface area (Å²) in [5, 5.41) is 13.5. The van der Waals surface area contributed by atoms with E-state index in [1.807, 2.05) is 13.1 Å². The van der Waals surface area contributed by atoms with Crippen molar-refractivity contribution in [2.45, 2.75) is 91.0 Å². The molecule has 0 fully saturated rings. The smallest absolute Gasteiger partial charge is 0.193 e. The number of quaternary nitrogens is 1. The van der Waals surface area contributed by atoms with Gasteiger partial charge in [-0.25, -0.2) is 0 Å². The highest BCUT2D eigenvalue weighted by molar-refractivity contribution is 4.86. The molecule has 1 rings (SSSR count). The number of hydrogen-bond donors (Lipinski definition) is 2. The topological polar surface area (TPSA) is 32.3 Å². The molecule has 128 valence electrons. The maximum Gasteiger partial charge on any atom is 0.193 e. The van der Waals surface area contributed by atoms with Crippen LogP contribution < -0.4 is 5.32 Å². The minimum Gasteiger partial charge on any atom is -0.345 e. The largest absolute Gasteiger partial charge is 0.345 e. The summed E-state index contributed by atoms with van der Waals surface area (Å²) in [6.07, 6.45) is 20.3. The van der Waals surface area contributed by atoms with E-state index < -0.39 is 0 Å². The van der Waals surface area contributed by atoms with Crippen molar-refractivity contribution in [3.8, 4) is 0 Å². The quantitative estimate of drug-likeness (QED) is 0.312. The predicted octanol–water partition coefficient (Wildman–Crippen LogP) is 4.65. The molecule has 0 amide bonds. The predicted molar refractivity (Wildman–Crippen MR) is 94.9 cm³/mol. The van der Waals surface area contributed by atoms with Crippen LogP contribution in [0.2, 0.25) is 0 Å². The van der Waals surface area contributed by atoms with Gasteiger partial charge in [-0.05, 0) is 32.6 Å². The fourth-order valence-corrected chi connectivity index (χ4v) is 3.36. The van der Waals surface area contributed by atoms with Crippen LogP contribution >= 0.6 is 0 Å². The Bertz CT molecular complexity index is 338. The maximum atomic E-state index is 10.1. The molecule has 3 unspecified atom stereocenters. The molecular formula is C19H37N2O+. The average Bonchev–Trinajstić information content (AvgIpc) is 2.93. The Kier molecular flexibility index (Phi) is 9.49. The Balaban J connectivity index is 2.14. The first-order valence-electron chi connectivity index (χ1n) is 9.31. The highest BCUT2D eigenvalue weighted by Gasteiger charge is 2.40.